The number of nitrogens with one attached hydrogen (secondary N) is 1. The first-order chi connectivity index (χ1) is 13.0. The number of amides is 2. The molecular weight excluding hydrogens is 386 g/mol. The Hall–Kier alpha value is -2.91. The average Bonchev–Trinajstić information content (AvgIpc) is 2.96. The SMILES string of the molecule is COc1ccc(C=C2SC(=S)N(NC(=O)c3cccnc3)C2=O)c(OC)c1. The number of hydrogen-bond donors (Lipinski definition) is 1. The molecule has 0 bridgehead atoms. The van der Waals surface area contributed by atoms with Gasteiger partial charge in [0.05, 0.1) is 24.7 Å². The lowest BCUT2D eigenvalue weighted by Gasteiger charge is -2.15. The number of pyridine rings is 1. The Morgan fingerprint density at radius 2 is 2.11 bits per heavy atom. The maximum absolute atomic E-state index is 12.7. The molecule has 138 valence electrons. The summed E-state index contributed by atoms with van der Waals surface area (Å²) in [6.45, 7) is 0. The van der Waals surface area contributed by atoms with Crippen molar-refractivity contribution in [2.75, 3.05) is 14.2 Å². The number of hydrogen-bond acceptors (Lipinski definition) is 7. The molecule has 7 nitrogen and oxygen atoms in total. The minimum atomic E-state index is -0.470. The second-order valence-electron chi connectivity index (χ2n) is 5.31. The number of carbonyl (C=O) groups excluding carboxylic acids is 2. The highest BCUT2D eigenvalue weighted by Gasteiger charge is 2.34. The summed E-state index contributed by atoms with van der Waals surface area (Å²) in [5, 5.41) is 1.05. The fraction of sp³-hybridized carbons (Fsp3) is 0.111. The van der Waals surface area contributed by atoms with Crippen LogP contribution >= 0.6 is 24.0 Å². The molecule has 1 aliphatic heterocycles. The number of carbonyl (C=O) groups is 2. The number of thioether (sulfide) groups is 1. The summed E-state index contributed by atoms with van der Waals surface area (Å²) >= 11 is 6.32. The lowest BCUT2D eigenvalue weighted by molar-refractivity contribution is -0.123. The molecule has 1 aromatic carbocycles. The summed E-state index contributed by atoms with van der Waals surface area (Å²) < 4.78 is 10.7. The molecule has 2 aromatic rings. The number of ether oxygens (including phenoxy) is 2. The summed E-state index contributed by atoms with van der Waals surface area (Å²) in [6, 6.07) is 8.49. The van der Waals surface area contributed by atoms with Gasteiger partial charge in [-0.05, 0) is 42.6 Å². The van der Waals surface area contributed by atoms with Crippen LogP contribution in [-0.2, 0) is 4.79 Å². The van der Waals surface area contributed by atoms with Crippen molar-refractivity contribution >= 4 is 46.2 Å². The standard InChI is InChI=1S/C18H15N3O4S2/c1-24-13-6-5-11(14(9-13)25-2)8-15-17(23)21(18(26)27-15)20-16(22)12-4-3-7-19-10-12/h3-10H,1-2H3,(H,20,22). The predicted molar refractivity (Wildman–Crippen MR) is 106 cm³/mol. The van der Waals surface area contributed by atoms with E-state index in [0.717, 1.165) is 16.8 Å². The highest BCUT2D eigenvalue weighted by Crippen LogP contribution is 2.34. The largest absolute Gasteiger partial charge is 0.497 e. The lowest BCUT2D eigenvalue weighted by Crippen LogP contribution is -2.44. The molecule has 1 aromatic heterocycles. The van der Waals surface area contributed by atoms with Crippen LogP contribution in [-0.4, -0.2) is 40.3 Å². The number of thiocarbonyl (C=S) groups is 1. The van der Waals surface area contributed by atoms with Crippen LogP contribution in [0.3, 0.4) is 0 Å². The molecule has 0 radical (unpaired) electrons. The number of methoxy groups -OCH3 is 2. The van der Waals surface area contributed by atoms with Crippen LogP contribution in [0.5, 0.6) is 11.5 Å². The van der Waals surface area contributed by atoms with E-state index in [1.54, 1.807) is 49.7 Å². The van der Waals surface area contributed by atoms with Crippen molar-refractivity contribution in [1.29, 1.82) is 0 Å². The molecule has 0 saturated carbocycles. The number of nitrogens with zero attached hydrogens (tertiary/aromatic N) is 2. The van der Waals surface area contributed by atoms with Crippen LogP contribution in [0.4, 0.5) is 0 Å². The smallest absolute Gasteiger partial charge is 0.285 e. The topological polar surface area (TPSA) is 80.8 Å². The van der Waals surface area contributed by atoms with Crippen molar-refractivity contribution in [1.82, 2.24) is 15.4 Å². The van der Waals surface area contributed by atoms with Gasteiger partial charge in [0.1, 0.15) is 11.5 Å². The summed E-state index contributed by atoms with van der Waals surface area (Å²) in [5.74, 6) is 0.307. The van der Waals surface area contributed by atoms with Gasteiger partial charge in [0.2, 0.25) is 0 Å². The fourth-order valence-corrected chi connectivity index (χ4v) is 3.48. The molecule has 2 amide bonds. The van der Waals surface area contributed by atoms with Crippen molar-refractivity contribution in [3.63, 3.8) is 0 Å². The van der Waals surface area contributed by atoms with Crippen LogP contribution in [0, 0.1) is 0 Å². The third-order valence-electron chi connectivity index (χ3n) is 3.66. The zero-order valence-corrected chi connectivity index (χ0v) is 16.1. The Labute approximate surface area is 165 Å². The second-order valence-corrected chi connectivity index (χ2v) is 6.98. The van der Waals surface area contributed by atoms with Crippen LogP contribution in [0.1, 0.15) is 15.9 Å². The van der Waals surface area contributed by atoms with E-state index in [2.05, 4.69) is 10.4 Å². The van der Waals surface area contributed by atoms with Gasteiger partial charge in [0.15, 0.2) is 4.32 Å². The molecule has 1 N–H and O–H groups in total. The number of benzene rings is 1. The van der Waals surface area contributed by atoms with E-state index in [-0.39, 0.29) is 4.32 Å². The number of hydrazine groups is 1. The van der Waals surface area contributed by atoms with Crippen LogP contribution < -0.4 is 14.9 Å². The van der Waals surface area contributed by atoms with Gasteiger partial charge in [0.25, 0.3) is 11.8 Å². The Morgan fingerprint density at radius 3 is 2.78 bits per heavy atom. The van der Waals surface area contributed by atoms with E-state index in [9.17, 15) is 9.59 Å². The Bertz CT molecular complexity index is 931. The van der Waals surface area contributed by atoms with Crippen LogP contribution in [0.2, 0.25) is 0 Å². The molecule has 0 atom stereocenters. The lowest BCUT2D eigenvalue weighted by atomic mass is 10.1. The van der Waals surface area contributed by atoms with Crippen molar-refractivity contribution < 1.29 is 19.1 Å². The molecule has 1 saturated heterocycles. The quantitative estimate of drug-likeness (QED) is 0.609. The molecule has 27 heavy (non-hydrogen) atoms. The Kier molecular flexibility index (Phi) is 5.72. The second kappa shape index (κ2) is 8.19. The molecule has 9 heteroatoms. The van der Waals surface area contributed by atoms with Gasteiger partial charge in [-0.15, -0.1) is 0 Å². The molecule has 0 aliphatic carbocycles. The normalized spacial score (nSPS) is 15.2. The highest BCUT2D eigenvalue weighted by molar-refractivity contribution is 8.26. The maximum Gasteiger partial charge on any atom is 0.285 e. The van der Waals surface area contributed by atoms with E-state index in [1.807, 2.05) is 0 Å². The highest BCUT2D eigenvalue weighted by atomic mass is 32.2. The summed E-state index contributed by atoms with van der Waals surface area (Å²) in [6.07, 6.45) is 4.63. The van der Waals surface area contributed by atoms with Gasteiger partial charge >= 0.3 is 0 Å². The van der Waals surface area contributed by atoms with Gasteiger partial charge in [-0.2, -0.15) is 5.01 Å². The van der Waals surface area contributed by atoms with Crippen LogP contribution in [0.15, 0.2) is 47.6 Å². The first kappa shape index (κ1) is 18.9. The molecule has 3 rings (SSSR count). The minimum absolute atomic E-state index is 0.232. The van der Waals surface area contributed by atoms with E-state index >= 15 is 0 Å². The average molecular weight is 401 g/mol. The molecule has 2 heterocycles. The maximum atomic E-state index is 12.7. The van der Waals surface area contributed by atoms with Crippen LogP contribution in [0.25, 0.3) is 6.08 Å². The van der Waals surface area contributed by atoms with E-state index in [1.165, 1.54) is 13.3 Å². The molecular formula is C18H15N3O4S2. The minimum Gasteiger partial charge on any atom is -0.497 e. The third-order valence-corrected chi connectivity index (χ3v) is 4.96. The fourth-order valence-electron chi connectivity index (χ4n) is 2.31. The monoisotopic (exact) mass is 401 g/mol. The summed E-state index contributed by atoms with van der Waals surface area (Å²) in [5.41, 5.74) is 3.53. The Balaban J connectivity index is 1.82. The van der Waals surface area contributed by atoms with Gasteiger partial charge in [-0.3, -0.25) is 20.0 Å². The zero-order chi connectivity index (χ0) is 19.4. The van der Waals surface area contributed by atoms with E-state index < -0.39 is 11.8 Å². The predicted octanol–water partition coefficient (Wildman–Crippen LogP) is 2.65. The van der Waals surface area contributed by atoms with Crippen molar-refractivity contribution in [3.05, 3.63) is 58.8 Å². The van der Waals surface area contributed by atoms with Gasteiger partial charge in [0, 0.05) is 24.0 Å². The number of aromatic nitrogens is 1. The van der Waals surface area contributed by atoms with Crippen molar-refractivity contribution in [2.45, 2.75) is 0 Å². The van der Waals surface area contributed by atoms with E-state index in [0.29, 0.717) is 27.5 Å². The van der Waals surface area contributed by atoms with E-state index in [4.69, 9.17) is 21.7 Å². The van der Waals surface area contributed by atoms with Gasteiger partial charge in [-0.1, -0.05) is 11.8 Å². The number of rotatable bonds is 5. The molecule has 0 spiro atoms. The summed E-state index contributed by atoms with van der Waals surface area (Å²) in [7, 11) is 3.09. The third kappa shape index (κ3) is 4.09. The van der Waals surface area contributed by atoms with Crippen molar-refractivity contribution in [2.24, 2.45) is 0 Å². The van der Waals surface area contributed by atoms with Crippen molar-refractivity contribution in [3.8, 4) is 11.5 Å². The van der Waals surface area contributed by atoms with Gasteiger partial charge < -0.3 is 9.47 Å². The molecule has 1 fully saturated rings. The van der Waals surface area contributed by atoms with Gasteiger partial charge in [-0.25, -0.2) is 0 Å². The zero-order valence-electron chi connectivity index (χ0n) is 14.5. The first-order valence-electron chi connectivity index (χ1n) is 7.74. The Morgan fingerprint density at radius 1 is 1.30 bits per heavy atom. The molecule has 1 aliphatic rings. The summed E-state index contributed by atoms with van der Waals surface area (Å²) in [4.78, 5) is 29.2. The first-order valence-corrected chi connectivity index (χ1v) is 8.97. The molecule has 0 unspecified atom stereocenters.